The van der Waals surface area contributed by atoms with Gasteiger partial charge < -0.3 is 14.8 Å². The molecule has 1 fully saturated rings. The van der Waals surface area contributed by atoms with Crippen molar-refractivity contribution in [2.75, 3.05) is 27.2 Å². The SMILES string of the molecule is CN(C)C1CC2(CCN(C(=O)c3ccc[nH]3)CC2)c2ccccc21. The van der Waals surface area contributed by atoms with E-state index in [9.17, 15) is 4.79 Å². The van der Waals surface area contributed by atoms with Crippen LogP contribution in [-0.4, -0.2) is 47.9 Å². The average molecular weight is 323 g/mol. The second kappa shape index (κ2) is 5.78. The van der Waals surface area contributed by atoms with E-state index in [-0.39, 0.29) is 11.3 Å². The molecule has 1 aliphatic carbocycles. The molecule has 4 rings (SSSR count). The van der Waals surface area contributed by atoms with Gasteiger partial charge in [-0.05, 0) is 56.6 Å². The van der Waals surface area contributed by atoms with Gasteiger partial charge in [-0.1, -0.05) is 24.3 Å². The van der Waals surface area contributed by atoms with Gasteiger partial charge in [-0.3, -0.25) is 4.79 Å². The van der Waals surface area contributed by atoms with E-state index in [2.05, 4.69) is 48.2 Å². The molecule has 1 amide bonds. The lowest BCUT2D eigenvalue weighted by atomic mass is 9.73. The van der Waals surface area contributed by atoms with Crippen molar-refractivity contribution in [3.05, 3.63) is 59.4 Å². The van der Waals surface area contributed by atoms with Crippen molar-refractivity contribution < 1.29 is 4.79 Å². The van der Waals surface area contributed by atoms with Crippen LogP contribution in [-0.2, 0) is 5.41 Å². The minimum atomic E-state index is 0.130. The summed E-state index contributed by atoms with van der Waals surface area (Å²) in [5.41, 5.74) is 3.92. The number of aromatic nitrogens is 1. The Kier molecular flexibility index (Phi) is 3.72. The Morgan fingerprint density at radius 2 is 1.92 bits per heavy atom. The molecule has 1 N–H and O–H groups in total. The van der Waals surface area contributed by atoms with Crippen LogP contribution in [0.25, 0.3) is 0 Å². The number of carbonyl (C=O) groups is 1. The molecule has 2 aliphatic rings. The van der Waals surface area contributed by atoms with Gasteiger partial charge in [0.25, 0.3) is 5.91 Å². The first-order valence-electron chi connectivity index (χ1n) is 8.79. The largest absolute Gasteiger partial charge is 0.357 e. The van der Waals surface area contributed by atoms with Gasteiger partial charge in [0.1, 0.15) is 5.69 Å². The van der Waals surface area contributed by atoms with E-state index in [1.54, 1.807) is 0 Å². The number of hydrogen-bond donors (Lipinski definition) is 1. The molecule has 2 heterocycles. The molecule has 126 valence electrons. The number of likely N-dealkylation sites (tertiary alicyclic amines) is 1. The highest BCUT2D eigenvalue weighted by Crippen LogP contribution is 2.52. The summed E-state index contributed by atoms with van der Waals surface area (Å²) in [6.07, 6.45) is 5.10. The van der Waals surface area contributed by atoms with Crippen LogP contribution < -0.4 is 0 Å². The zero-order valence-electron chi connectivity index (χ0n) is 14.5. The Bertz CT molecular complexity index is 727. The fourth-order valence-corrected chi connectivity index (χ4v) is 4.57. The number of hydrogen-bond acceptors (Lipinski definition) is 2. The summed E-state index contributed by atoms with van der Waals surface area (Å²) in [7, 11) is 4.34. The number of nitrogens with zero attached hydrogens (tertiary/aromatic N) is 2. The quantitative estimate of drug-likeness (QED) is 0.922. The maximum absolute atomic E-state index is 12.6. The fraction of sp³-hybridized carbons (Fsp3) is 0.450. The van der Waals surface area contributed by atoms with E-state index in [1.165, 1.54) is 17.5 Å². The second-order valence-corrected chi connectivity index (χ2v) is 7.43. The molecular weight excluding hydrogens is 298 g/mol. The summed E-state index contributed by atoms with van der Waals surface area (Å²) >= 11 is 0. The molecule has 0 bridgehead atoms. The Morgan fingerprint density at radius 1 is 1.17 bits per heavy atom. The van der Waals surface area contributed by atoms with Gasteiger partial charge in [-0.25, -0.2) is 0 Å². The van der Waals surface area contributed by atoms with Crippen LogP contribution in [0.1, 0.15) is 46.9 Å². The highest BCUT2D eigenvalue weighted by Gasteiger charge is 2.46. The van der Waals surface area contributed by atoms with Crippen LogP contribution in [0.15, 0.2) is 42.6 Å². The lowest BCUT2D eigenvalue weighted by Gasteiger charge is -2.40. The van der Waals surface area contributed by atoms with E-state index >= 15 is 0 Å². The van der Waals surface area contributed by atoms with Gasteiger partial charge in [-0.15, -0.1) is 0 Å². The third kappa shape index (κ3) is 2.37. The molecule has 1 atom stereocenters. The summed E-state index contributed by atoms with van der Waals surface area (Å²) in [4.78, 5) is 19.9. The Hall–Kier alpha value is -2.07. The van der Waals surface area contributed by atoms with Crippen molar-refractivity contribution in [3.8, 4) is 0 Å². The first-order chi connectivity index (χ1) is 11.6. The van der Waals surface area contributed by atoms with Gasteiger partial charge in [-0.2, -0.15) is 0 Å². The molecule has 1 aliphatic heterocycles. The number of amides is 1. The summed E-state index contributed by atoms with van der Waals surface area (Å²) in [5, 5.41) is 0. The Morgan fingerprint density at radius 3 is 2.58 bits per heavy atom. The smallest absolute Gasteiger partial charge is 0.270 e. The van der Waals surface area contributed by atoms with Crippen molar-refractivity contribution in [1.82, 2.24) is 14.8 Å². The Labute approximate surface area is 143 Å². The molecule has 1 aromatic heterocycles. The van der Waals surface area contributed by atoms with Crippen LogP contribution in [0.2, 0.25) is 0 Å². The molecule has 2 aromatic rings. The van der Waals surface area contributed by atoms with Gasteiger partial charge in [0, 0.05) is 30.7 Å². The molecule has 0 radical (unpaired) electrons. The molecule has 0 saturated carbocycles. The van der Waals surface area contributed by atoms with E-state index in [0.717, 1.165) is 25.9 Å². The maximum atomic E-state index is 12.6. The second-order valence-electron chi connectivity index (χ2n) is 7.43. The molecule has 4 heteroatoms. The zero-order chi connectivity index (χ0) is 16.7. The van der Waals surface area contributed by atoms with Crippen LogP contribution in [0, 0.1) is 0 Å². The lowest BCUT2D eigenvalue weighted by Crippen LogP contribution is -2.44. The normalized spacial score (nSPS) is 22.1. The summed E-state index contributed by atoms with van der Waals surface area (Å²) < 4.78 is 0. The van der Waals surface area contributed by atoms with E-state index in [1.807, 2.05) is 23.2 Å². The molecular formula is C20H25N3O. The summed E-state index contributed by atoms with van der Waals surface area (Å²) in [6, 6.07) is 13.1. The maximum Gasteiger partial charge on any atom is 0.270 e. The average Bonchev–Trinajstić information content (AvgIpc) is 3.23. The number of fused-ring (bicyclic) bond motifs is 2. The number of H-pyrrole nitrogens is 1. The van der Waals surface area contributed by atoms with Crippen molar-refractivity contribution >= 4 is 5.91 Å². The van der Waals surface area contributed by atoms with E-state index < -0.39 is 0 Å². The minimum Gasteiger partial charge on any atom is -0.357 e. The standard InChI is InChI=1S/C20H25N3O/c1-22(2)18-14-20(16-7-4-3-6-15(16)18)9-12-23(13-10-20)19(24)17-8-5-11-21-17/h3-8,11,18,21H,9-10,12-14H2,1-2H3. The van der Waals surface area contributed by atoms with E-state index in [4.69, 9.17) is 0 Å². The molecule has 1 spiro atoms. The number of carbonyl (C=O) groups excluding carboxylic acids is 1. The van der Waals surface area contributed by atoms with E-state index in [0.29, 0.717) is 11.7 Å². The van der Waals surface area contributed by atoms with Crippen molar-refractivity contribution in [3.63, 3.8) is 0 Å². The molecule has 1 aromatic carbocycles. The minimum absolute atomic E-state index is 0.130. The van der Waals surface area contributed by atoms with Gasteiger partial charge >= 0.3 is 0 Å². The lowest BCUT2D eigenvalue weighted by molar-refractivity contribution is 0.0647. The number of piperidine rings is 1. The zero-order valence-corrected chi connectivity index (χ0v) is 14.5. The van der Waals surface area contributed by atoms with Crippen LogP contribution in [0.3, 0.4) is 0 Å². The van der Waals surface area contributed by atoms with Crippen LogP contribution >= 0.6 is 0 Å². The predicted molar refractivity (Wildman–Crippen MR) is 95.1 cm³/mol. The molecule has 1 saturated heterocycles. The van der Waals surface area contributed by atoms with Crippen molar-refractivity contribution in [2.24, 2.45) is 0 Å². The van der Waals surface area contributed by atoms with Gasteiger partial charge in [0.2, 0.25) is 0 Å². The monoisotopic (exact) mass is 323 g/mol. The number of aromatic amines is 1. The number of benzene rings is 1. The fourth-order valence-electron chi connectivity index (χ4n) is 4.57. The highest BCUT2D eigenvalue weighted by molar-refractivity contribution is 5.92. The third-order valence-electron chi connectivity index (χ3n) is 5.93. The van der Waals surface area contributed by atoms with Gasteiger partial charge in [0.05, 0.1) is 0 Å². The third-order valence-corrected chi connectivity index (χ3v) is 5.93. The van der Waals surface area contributed by atoms with Crippen LogP contribution in [0.5, 0.6) is 0 Å². The summed E-state index contributed by atoms with van der Waals surface area (Å²) in [5.74, 6) is 0.130. The molecule has 4 nitrogen and oxygen atoms in total. The molecule has 24 heavy (non-hydrogen) atoms. The predicted octanol–water partition coefficient (Wildman–Crippen LogP) is 3.20. The first-order valence-corrected chi connectivity index (χ1v) is 8.79. The van der Waals surface area contributed by atoms with Crippen molar-refractivity contribution in [2.45, 2.75) is 30.7 Å². The molecule has 1 unspecified atom stereocenters. The van der Waals surface area contributed by atoms with Crippen LogP contribution in [0.4, 0.5) is 0 Å². The van der Waals surface area contributed by atoms with Crippen molar-refractivity contribution in [1.29, 1.82) is 0 Å². The summed E-state index contributed by atoms with van der Waals surface area (Å²) in [6.45, 7) is 1.68. The highest BCUT2D eigenvalue weighted by atomic mass is 16.2. The first kappa shape index (κ1) is 15.5. The van der Waals surface area contributed by atoms with Gasteiger partial charge in [0.15, 0.2) is 0 Å². The topological polar surface area (TPSA) is 39.3 Å². The number of rotatable bonds is 2. The number of nitrogens with one attached hydrogen (secondary N) is 1. The Balaban J connectivity index is 1.56.